The summed E-state index contributed by atoms with van der Waals surface area (Å²) in [4.78, 5) is 11.1. The van der Waals surface area contributed by atoms with E-state index >= 15 is 0 Å². The standard InChI is InChI=1S/C13H16O3/c14-8-7-10-1-4-12(5-2-10)16-13-6-3-11(15)9-13/h1-2,4-5,13-14H,3,6-9H2. The molecule has 1 aromatic rings. The SMILES string of the molecule is O=C1CCC(Oc2ccc(CCO)cc2)C1. The van der Waals surface area contributed by atoms with Crippen molar-refractivity contribution in [1.82, 2.24) is 0 Å². The lowest BCUT2D eigenvalue weighted by Gasteiger charge is -2.12. The van der Waals surface area contributed by atoms with Crippen molar-refractivity contribution in [2.45, 2.75) is 31.8 Å². The van der Waals surface area contributed by atoms with Crippen molar-refractivity contribution < 1.29 is 14.6 Å². The summed E-state index contributed by atoms with van der Waals surface area (Å²) in [5, 5.41) is 8.78. The molecule has 16 heavy (non-hydrogen) atoms. The Hall–Kier alpha value is -1.35. The summed E-state index contributed by atoms with van der Waals surface area (Å²) in [6.45, 7) is 0.164. The third-order valence-corrected chi connectivity index (χ3v) is 2.83. The number of benzene rings is 1. The van der Waals surface area contributed by atoms with Crippen LogP contribution in [0.5, 0.6) is 5.75 Å². The number of hydrogen-bond donors (Lipinski definition) is 1. The Bertz CT molecular complexity index is 356. The lowest BCUT2D eigenvalue weighted by Crippen LogP contribution is -2.11. The van der Waals surface area contributed by atoms with E-state index in [-0.39, 0.29) is 12.7 Å². The third kappa shape index (κ3) is 2.83. The van der Waals surface area contributed by atoms with Gasteiger partial charge in [0.15, 0.2) is 0 Å². The molecule has 1 saturated carbocycles. The average Bonchev–Trinajstić information content (AvgIpc) is 2.67. The molecule has 0 radical (unpaired) electrons. The molecule has 86 valence electrons. The first-order valence-corrected chi connectivity index (χ1v) is 5.66. The molecule has 1 atom stereocenters. The fourth-order valence-electron chi connectivity index (χ4n) is 1.94. The Morgan fingerprint density at radius 2 is 2.06 bits per heavy atom. The second-order valence-corrected chi connectivity index (χ2v) is 4.14. The maximum atomic E-state index is 11.1. The van der Waals surface area contributed by atoms with Gasteiger partial charge in [0, 0.05) is 19.4 Å². The molecule has 1 aliphatic carbocycles. The number of ketones is 1. The van der Waals surface area contributed by atoms with Gasteiger partial charge in [0.05, 0.1) is 0 Å². The summed E-state index contributed by atoms with van der Waals surface area (Å²) in [5.74, 6) is 1.10. The molecule has 0 spiro atoms. The van der Waals surface area contributed by atoms with Crippen molar-refractivity contribution in [3.63, 3.8) is 0 Å². The van der Waals surface area contributed by atoms with Crippen LogP contribution >= 0.6 is 0 Å². The molecule has 3 heteroatoms. The number of Topliss-reactive ketones (excluding diaryl/α,β-unsaturated/α-hetero) is 1. The van der Waals surface area contributed by atoms with Gasteiger partial charge in [-0.3, -0.25) is 4.79 Å². The molecule has 0 aromatic heterocycles. The lowest BCUT2D eigenvalue weighted by molar-refractivity contribution is -0.117. The molecule has 2 rings (SSSR count). The maximum Gasteiger partial charge on any atom is 0.136 e. The van der Waals surface area contributed by atoms with Gasteiger partial charge in [-0.05, 0) is 30.5 Å². The second kappa shape index (κ2) is 5.12. The van der Waals surface area contributed by atoms with Crippen molar-refractivity contribution in [3.05, 3.63) is 29.8 Å². The topological polar surface area (TPSA) is 46.5 Å². The van der Waals surface area contributed by atoms with Gasteiger partial charge in [-0.25, -0.2) is 0 Å². The molecule has 3 nitrogen and oxygen atoms in total. The predicted molar refractivity (Wildman–Crippen MR) is 60.5 cm³/mol. The monoisotopic (exact) mass is 220 g/mol. The Kier molecular flexibility index (Phi) is 3.57. The van der Waals surface area contributed by atoms with E-state index in [9.17, 15) is 4.79 Å². The first kappa shape index (κ1) is 11.1. The van der Waals surface area contributed by atoms with Crippen molar-refractivity contribution in [2.75, 3.05) is 6.61 Å². The number of aliphatic hydroxyl groups excluding tert-OH is 1. The number of ether oxygens (including phenoxy) is 1. The van der Waals surface area contributed by atoms with E-state index in [1.807, 2.05) is 24.3 Å². The van der Waals surface area contributed by atoms with Crippen LogP contribution in [0.15, 0.2) is 24.3 Å². The number of carbonyl (C=O) groups excluding carboxylic acids is 1. The highest BCUT2D eigenvalue weighted by atomic mass is 16.5. The summed E-state index contributed by atoms with van der Waals surface area (Å²) in [6.07, 6.45) is 2.74. The third-order valence-electron chi connectivity index (χ3n) is 2.83. The van der Waals surface area contributed by atoms with E-state index in [2.05, 4.69) is 0 Å². The summed E-state index contributed by atoms with van der Waals surface area (Å²) < 4.78 is 5.70. The van der Waals surface area contributed by atoms with Gasteiger partial charge in [0.1, 0.15) is 17.6 Å². The molecule has 1 N–H and O–H groups in total. The van der Waals surface area contributed by atoms with Gasteiger partial charge in [0.2, 0.25) is 0 Å². The highest BCUT2D eigenvalue weighted by Crippen LogP contribution is 2.22. The van der Waals surface area contributed by atoms with Crippen molar-refractivity contribution in [3.8, 4) is 5.75 Å². The summed E-state index contributed by atoms with van der Waals surface area (Å²) in [6, 6.07) is 7.69. The van der Waals surface area contributed by atoms with Gasteiger partial charge in [-0.1, -0.05) is 12.1 Å². The minimum Gasteiger partial charge on any atom is -0.490 e. The van der Waals surface area contributed by atoms with Gasteiger partial charge in [0.25, 0.3) is 0 Å². The molecule has 0 aliphatic heterocycles. The van der Waals surface area contributed by atoms with E-state index < -0.39 is 0 Å². The van der Waals surface area contributed by atoms with E-state index in [1.165, 1.54) is 0 Å². The molecule has 0 saturated heterocycles. The molecule has 0 heterocycles. The molecular weight excluding hydrogens is 204 g/mol. The fraction of sp³-hybridized carbons (Fsp3) is 0.462. The Morgan fingerprint density at radius 3 is 2.62 bits per heavy atom. The minimum absolute atomic E-state index is 0.0520. The summed E-state index contributed by atoms with van der Waals surface area (Å²) in [5.41, 5.74) is 1.09. The fourth-order valence-corrected chi connectivity index (χ4v) is 1.94. The number of carbonyl (C=O) groups is 1. The Balaban J connectivity index is 1.92. The van der Waals surface area contributed by atoms with E-state index in [0.29, 0.717) is 25.0 Å². The maximum absolute atomic E-state index is 11.1. The van der Waals surface area contributed by atoms with Crippen LogP contribution in [-0.2, 0) is 11.2 Å². The highest BCUT2D eigenvalue weighted by molar-refractivity contribution is 5.81. The van der Waals surface area contributed by atoms with Crippen molar-refractivity contribution >= 4 is 5.78 Å². The molecule has 0 bridgehead atoms. The smallest absolute Gasteiger partial charge is 0.136 e. The van der Waals surface area contributed by atoms with Gasteiger partial charge in [-0.15, -0.1) is 0 Å². The first-order valence-electron chi connectivity index (χ1n) is 5.66. The van der Waals surface area contributed by atoms with Crippen molar-refractivity contribution in [1.29, 1.82) is 0 Å². The van der Waals surface area contributed by atoms with E-state index in [4.69, 9.17) is 9.84 Å². The first-order chi connectivity index (χ1) is 7.78. The second-order valence-electron chi connectivity index (χ2n) is 4.14. The summed E-state index contributed by atoms with van der Waals surface area (Å²) >= 11 is 0. The van der Waals surface area contributed by atoms with Crippen LogP contribution in [0.1, 0.15) is 24.8 Å². The van der Waals surface area contributed by atoms with Crippen molar-refractivity contribution in [2.24, 2.45) is 0 Å². The van der Waals surface area contributed by atoms with Crippen LogP contribution in [-0.4, -0.2) is 23.6 Å². The van der Waals surface area contributed by atoms with Gasteiger partial charge >= 0.3 is 0 Å². The Morgan fingerprint density at radius 1 is 1.31 bits per heavy atom. The van der Waals surface area contributed by atoms with Gasteiger partial charge in [-0.2, -0.15) is 0 Å². The van der Waals surface area contributed by atoms with E-state index in [1.54, 1.807) is 0 Å². The van der Waals surface area contributed by atoms with Crippen LogP contribution in [0, 0.1) is 0 Å². The van der Waals surface area contributed by atoms with Crippen LogP contribution < -0.4 is 4.74 Å². The minimum atomic E-state index is 0.0520. The average molecular weight is 220 g/mol. The van der Waals surface area contributed by atoms with Crippen LogP contribution in [0.25, 0.3) is 0 Å². The molecule has 1 aromatic carbocycles. The quantitative estimate of drug-likeness (QED) is 0.840. The zero-order valence-corrected chi connectivity index (χ0v) is 9.19. The zero-order chi connectivity index (χ0) is 11.4. The zero-order valence-electron chi connectivity index (χ0n) is 9.19. The van der Waals surface area contributed by atoms with Crippen LogP contribution in [0.2, 0.25) is 0 Å². The number of aliphatic hydroxyl groups is 1. The predicted octanol–water partition coefficient (Wildman–Crippen LogP) is 1.72. The number of rotatable bonds is 4. The normalized spacial score (nSPS) is 20.1. The van der Waals surface area contributed by atoms with Crippen LogP contribution in [0.3, 0.4) is 0 Å². The molecular formula is C13H16O3. The van der Waals surface area contributed by atoms with Gasteiger partial charge < -0.3 is 9.84 Å². The summed E-state index contributed by atoms with van der Waals surface area (Å²) in [7, 11) is 0. The van der Waals surface area contributed by atoms with E-state index in [0.717, 1.165) is 17.7 Å². The van der Waals surface area contributed by atoms with Crippen LogP contribution in [0.4, 0.5) is 0 Å². The Labute approximate surface area is 95.0 Å². The lowest BCUT2D eigenvalue weighted by atomic mass is 10.1. The molecule has 0 amide bonds. The number of hydrogen-bond acceptors (Lipinski definition) is 3. The highest BCUT2D eigenvalue weighted by Gasteiger charge is 2.23. The largest absolute Gasteiger partial charge is 0.490 e. The molecule has 1 fully saturated rings. The molecule has 1 unspecified atom stereocenters. The molecule has 1 aliphatic rings.